The number of aromatic nitrogens is 2. The molecule has 1 fully saturated rings. The van der Waals surface area contributed by atoms with Gasteiger partial charge in [0.15, 0.2) is 0 Å². The average molecular weight is 263 g/mol. The van der Waals surface area contributed by atoms with Gasteiger partial charge in [0, 0.05) is 18.3 Å². The summed E-state index contributed by atoms with van der Waals surface area (Å²) < 4.78 is 1.90. The summed E-state index contributed by atoms with van der Waals surface area (Å²) >= 11 is 0. The number of hydrogen-bond acceptors (Lipinski definition) is 2. The predicted molar refractivity (Wildman–Crippen MR) is 76.3 cm³/mol. The first-order valence-electron chi connectivity index (χ1n) is 7.48. The first-order valence-corrected chi connectivity index (χ1v) is 7.48. The predicted octanol–water partition coefficient (Wildman–Crippen LogP) is 2.97. The summed E-state index contributed by atoms with van der Waals surface area (Å²) in [4.78, 5) is 12.4. The summed E-state index contributed by atoms with van der Waals surface area (Å²) in [5.41, 5.74) is 2.59. The number of carbonyl (C=O) groups excluding carboxylic acids is 1. The van der Waals surface area contributed by atoms with Crippen LogP contribution < -0.4 is 5.32 Å². The molecule has 4 heteroatoms. The van der Waals surface area contributed by atoms with Crippen LogP contribution in [-0.2, 0) is 6.54 Å². The Labute approximate surface area is 115 Å². The van der Waals surface area contributed by atoms with Gasteiger partial charge in [-0.05, 0) is 33.6 Å². The van der Waals surface area contributed by atoms with Crippen molar-refractivity contribution in [3.8, 4) is 0 Å². The molecule has 1 amide bonds. The minimum Gasteiger partial charge on any atom is -0.349 e. The second-order valence-corrected chi connectivity index (χ2v) is 5.52. The first kappa shape index (κ1) is 14.1. The van der Waals surface area contributed by atoms with Crippen molar-refractivity contribution in [1.82, 2.24) is 15.1 Å². The highest BCUT2D eigenvalue weighted by atomic mass is 16.1. The highest BCUT2D eigenvalue weighted by molar-refractivity contribution is 5.96. The molecule has 0 spiro atoms. The molecule has 0 radical (unpaired) electrons. The Balaban J connectivity index is 2.08. The van der Waals surface area contributed by atoms with E-state index in [9.17, 15) is 4.79 Å². The van der Waals surface area contributed by atoms with E-state index in [1.54, 1.807) is 0 Å². The lowest BCUT2D eigenvalue weighted by Crippen LogP contribution is -2.35. The summed E-state index contributed by atoms with van der Waals surface area (Å²) in [5, 5.41) is 7.62. The molecule has 1 aliphatic rings. The molecule has 4 nitrogen and oxygen atoms in total. The molecule has 0 aromatic carbocycles. The maximum Gasteiger partial charge on any atom is 0.255 e. The summed E-state index contributed by atoms with van der Waals surface area (Å²) in [5.74, 6) is 0.0570. The van der Waals surface area contributed by atoms with E-state index in [4.69, 9.17) is 0 Å². The standard InChI is InChI=1S/C15H25N3O/c1-4-18-12(3)14(11(2)17-18)15(19)16-13-9-7-5-6-8-10-13/h13H,4-10H2,1-3H3,(H,16,19). The van der Waals surface area contributed by atoms with Gasteiger partial charge in [-0.3, -0.25) is 9.48 Å². The van der Waals surface area contributed by atoms with Crippen molar-refractivity contribution in [2.24, 2.45) is 0 Å². The molecule has 0 aliphatic heterocycles. The lowest BCUT2D eigenvalue weighted by atomic mass is 10.1. The zero-order valence-corrected chi connectivity index (χ0v) is 12.3. The molecule has 0 unspecified atom stereocenters. The topological polar surface area (TPSA) is 46.9 Å². The van der Waals surface area contributed by atoms with Gasteiger partial charge in [0.25, 0.3) is 5.91 Å². The maximum atomic E-state index is 12.4. The number of amides is 1. The van der Waals surface area contributed by atoms with Crippen molar-refractivity contribution in [3.05, 3.63) is 17.0 Å². The van der Waals surface area contributed by atoms with Gasteiger partial charge in [0.05, 0.1) is 11.3 Å². The largest absolute Gasteiger partial charge is 0.349 e. The Hall–Kier alpha value is -1.32. The fourth-order valence-electron chi connectivity index (χ4n) is 3.01. The van der Waals surface area contributed by atoms with E-state index < -0.39 is 0 Å². The fourth-order valence-corrected chi connectivity index (χ4v) is 3.01. The third kappa shape index (κ3) is 3.17. The van der Waals surface area contributed by atoms with E-state index in [1.807, 2.05) is 25.5 Å². The fraction of sp³-hybridized carbons (Fsp3) is 0.733. The summed E-state index contributed by atoms with van der Waals surface area (Å²) in [6.07, 6.45) is 7.31. The Morgan fingerprint density at radius 1 is 1.26 bits per heavy atom. The van der Waals surface area contributed by atoms with Gasteiger partial charge in [-0.1, -0.05) is 25.7 Å². The van der Waals surface area contributed by atoms with Gasteiger partial charge >= 0.3 is 0 Å². The molecule has 1 N–H and O–H groups in total. The van der Waals surface area contributed by atoms with Crippen LogP contribution in [0.1, 0.15) is 67.2 Å². The quantitative estimate of drug-likeness (QED) is 0.852. The van der Waals surface area contributed by atoms with E-state index in [2.05, 4.69) is 10.4 Å². The Morgan fingerprint density at radius 2 is 1.89 bits per heavy atom. The van der Waals surface area contributed by atoms with Crippen molar-refractivity contribution in [2.45, 2.75) is 71.9 Å². The normalized spacial score (nSPS) is 17.2. The second kappa shape index (κ2) is 6.22. The number of hydrogen-bond donors (Lipinski definition) is 1. The van der Waals surface area contributed by atoms with Gasteiger partial charge in [-0.15, -0.1) is 0 Å². The maximum absolute atomic E-state index is 12.4. The van der Waals surface area contributed by atoms with Crippen molar-refractivity contribution in [2.75, 3.05) is 0 Å². The molecule has 1 heterocycles. The SMILES string of the molecule is CCn1nc(C)c(C(=O)NC2CCCCCC2)c1C. The van der Waals surface area contributed by atoms with E-state index >= 15 is 0 Å². The molecule has 1 aromatic heterocycles. The first-order chi connectivity index (χ1) is 9.13. The molecular weight excluding hydrogens is 238 g/mol. The molecule has 0 atom stereocenters. The number of aryl methyl sites for hydroxylation is 2. The van der Waals surface area contributed by atoms with Crippen LogP contribution in [0, 0.1) is 13.8 Å². The Bertz CT molecular complexity index is 442. The number of rotatable bonds is 3. The average Bonchev–Trinajstić information content (AvgIpc) is 2.57. The molecule has 0 saturated heterocycles. The molecule has 1 aliphatic carbocycles. The third-order valence-electron chi connectivity index (χ3n) is 4.10. The molecule has 0 bridgehead atoms. The lowest BCUT2D eigenvalue weighted by Gasteiger charge is -2.16. The van der Waals surface area contributed by atoms with Crippen LogP contribution in [0.4, 0.5) is 0 Å². The molecule has 2 rings (SSSR count). The van der Waals surface area contributed by atoms with Crippen molar-refractivity contribution < 1.29 is 4.79 Å². The van der Waals surface area contributed by atoms with Crippen LogP contribution in [0.25, 0.3) is 0 Å². The van der Waals surface area contributed by atoms with Crippen LogP contribution >= 0.6 is 0 Å². The monoisotopic (exact) mass is 263 g/mol. The van der Waals surface area contributed by atoms with Crippen molar-refractivity contribution in [3.63, 3.8) is 0 Å². The number of nitrogens with zero attached hydrogens (tertiary/aromatic N) is 2. The van der Waals surface area contributed by atoms with E-state index in [0.717, 1.165) is 36.3 Å². The summed E-state index contributed by atoms with van der Waals surface area (Å²) in [6.45, 7) is 6.75. The summed E-state index contributed by atoms with van der Waals surface area (Å²) in [6, 6.07) is 0.346. The van der Waals surface area contributed by atoms with Crippen molar-refractivity contribution in [1.29, 1.82) is 0 Å². The minimum atomic E-state index is 0.0570. The van der Waals surface area contributed by atoms with E-state index in [1.165, 1.54) is 25.7 Å². The van der Waals surface area contributed by atoms with Crippen molar-refractivity contribution >= 4 is 5.91 Å². The molecule has 1 saturated carbocycles. The zero-order chi connectivity index (χ0) is 13.8. The van der Waals surface area contributed by atoms with Gasteiger partial charge in [-0.2, -0.15) is 5.10 Å². The molecule has 106 valence electrons. The number of nitrogens with one attached hydrogen (secondary N) is 1. The Kier molecular flexibility index (Phi) is 4.61. The smallest absolute Gasteiger partial charge is 0.255 e. The lowest BCUT2D eigenvalue weighted by molar-refractivity contribution is 0.0932. The third-order valence-corrected chi connectivity index (χ3v) is 4.10. The van der Waals surface area contributed by atoms with Crippen LogP contribution in [0.5, 0.6) is 0 Å². The van der Waals surface area contributed by atoms with Crippen LogP contribution in [0.2, 0.25) is 0 Å². The Morgan fingerprint density at radius 3 is 2.42 bits per heavy atom. The molecular formula is C15H25N3O. The van der Waals surface area contributed by atoms with Crippen LogP contribution in [-0.4, -0.2) is 21.7 Å². The van der Waals surface area contributed by atoms with Gasteiger partial charge < -0.3 is 5.32 Å². The molecule has 19 heavy (non-hydrogen) atoms. The van der Waals surface area contributed by atoms with E-state index in [-0.39, 0.29) is 5.91 Å². The van der Waals surface area contributed by atoms with Gasteiger partial charge in [0.1, 0.15) is 0 Å². The van der Waals surface area contributed by atoms with Crippen LogP contribution in [0.3, 0.4) is 0 Å². The summed E-state index contributed by atoms with van der Waals surface area (Å²) in [7, 11) is 0. The second-order valence-electron chi connectivity index (χ2n) is 5.52. The number of carbonyl (C=O) groups is 1. The zero-order valence-electron chi connectivity index (χ0n) is 12.3. The van der Waals surface area contributed by atoms with Gasteiger partial charge in [-0.25, -0.2) is 0 Å². The van der Waals surface area contributed by atoms with Crippen LogP contribution in [0.15, 0.2) is 0 Å². The molecule has 1 aromatic rings. The van der Waals surface area contributed by atoms with Gasteiger partial charge in [0.2, 0.25) is 0 Å². The minimum absolute atomic E-state index is 0.0570. The highest BCUT2D eigenvalue weighted by Gasteiger charge is 2.21. The van der Waals surface area contributed by atoms with E-state index in [0.29, 0.717) is 6.04 Å². The highest BCUT2D eigenvalue weighted by Crippen LogP contribution is 2.19.